The first kappa shape index (κ1) is 11.1. The van der Waals surface area contributed by atoms with Gasteiger partial charge in [0.15, 0.2) is 0 Å². The van der Waals surface area contributed by atoms with Crippen molar-refractivity contribution in [1.29, 1.82) is 0 Å². The first-order valence-electron chi connectivity index (χ1n) is 6.56. The molecule has 19 heavy (non-hydrogen) atoms. The molecule has 1 aromatic heterocycles. The minimum absolute atomic E-state index is 0.807. The molecule has 0 spiro atoms. The van der Waals surface area contributed by atoms with Crippen LogP contribution in [-0.2, 0) is 0 Å². The molecule has 0 saturated carbocycles. The number of aryl methyl sites for hydroxylation is 1. The quantitative estimate of drug-likeness (QED) is 0.437. The van der Waals surface area contributed by atoms with E-state index in [9.17, 15) is 0 Å². The van der Waals surface area contributed by atoms with Crippen LogP contribution in [0.3, 0.4) is 0 Å². The van der Waals surface area contributed by atoms with Crippen molar-refractivity contribution >= 4 is 8.19 Å². The molecule has 4 rings (SSSR count). The van der Waals surface area contributed by atoms with E-state index in [1.54, 1.807) is 0 Å². The van der Waals surface area contributed by atoms with Gasteiger partial charge >= 0.3 is 0 Å². The molecule has 91 valence electrons. The van der Waals surface area contributed by atoms with E-state index in [1.165, 1.54) is 38.7 Å². The second kappa shape index (κ2) is 4.11. The third-order valence-corrected chi connectivity index (χ3v) is 5.17. The van der Waals surface area contributed by atoms with Gasteiger partial charge in [0.25, 0.3) is 0 Å². The van der Waals surface area contributed by atoms with Crippen LogP contribution in [0.1, 0.15) is 16.7 Å². The summed E-state index contributed by atoms with van der Waals surface area (Å²) < 4.78 is 0. The number of rotatable bonds is 1. The largest absolute Gasteiger partial charge is 0.131 e. The maximum Gasteiger partial charge on any atom is 0.0218 e. The van der Waals surface area contributed by atoms with Crippen LogP contribution in [0.4, 0.5) is 0 Å². The van der Waals surface area contributed by atoms with Gasteiger partial charge in [-0.3, -0.25) is 0 Å². The monoisotopic (exact) mass is 261 g/mol. The number of hydrogen-bond acceptors (Lipinski definition) is 0. The topological polar surface area (TPSA) is 0 Å². The van der Waals surface area contributed by atoms with Crippen LogP contribution in [0.2, 0.25) is 0 Å². The molecular weight excluding hydrogens is 247 g/mol. The van der Waals surface area contributed by atoms with Gasteiger partial charge in [-0.05, 0) is 46.1 Å². The lowest BCUT2D eigenvalue weighted by Gasteiger charge is -2.08. The molecule has 1 heterocycles. The van der Waals surface area contributed by atoms with Crippen molar-refractivity contribution in [3.63, 3.8) is 0 Å². The van der Waals surface area contributed by atoms with Crippen LogP contribution >= 0.6 is 8.19 Å². The minimum Gasteiger partial charge on any atom is -0.131 e. The fourth-order valence-corrected chi connectivity index (χ4v) is 4.12. The number of benzene rings is 2. The molecule has 2 aromatic carbocycles. The van der Waals surface area contributed by atoms with Crippen LogP contribution in [0.15, 0.2) is 54.3 Å². The number of hydrogen-bond donors (Lipinski definition) is 0. The standard InChI is InChI=1S/C18H14P/c1-12-9-10-19-18(12)16-8-4-7-15-14-6-3-2-5-13(14)11-17(15)16/h2-11,19H,1H3. The van der Waals surface area contributed by atoms with Crippen molar-refractivity contribution in [3.8, 4) is 22.0 Å². The Balaban J connectivity index is 1.97. The van der Waals surface area contributed by atoms with E-state index in [-0.39, 0.29) is 0 Å². The smallest absolute Gasteiger partial charge is 0.0218 e. The van der Waals surface area contributed by atoms with E-state index in [4.69, 9.17) is 0 Å². The zero-order chi connectivity index (χ0) is 12.8. The molecule has 1 aliphatic carbocycles. The van der Waals surface area contributed by atoms with E-state index >= 15 is 0 Å². The van der Waals surface area contributed by atoms with Gasteiger partial charge < -0.3 is 0 Å². The summed E-state index contributed by atoms with van der Waals surface area (Å²) in [5.74, 6) is 2.28. The Bertz CT molecular complexity index is 765. The molecule has 0 N–H and O–H groups in total. The molecule has 1 aliphatic rings. The predicted molar refractivity (Wildman–Crippen MR) is 84.1 cm³/mol. The Morgan fingerprint density at radius 3 is 2.42 bits per heavy atom. The highest BCUT2D eigenvalue weighted by atomic mass is 31.0. The molecular formula is C18H14P. The summed E-state index contributed by atoms with van der Waals surface area (Å²) in [6.07, 6.45) is 2.34. The Morgan fingerprint density at radius 2 is 1.58 bits per heavy atom. The zero-order valence-electron chi connectivity index (χ0n) is 10.8. The van der Waals surface area contributed by atoms with Crippen LogP contribution in [0.5, 0.6) is 0 Å². The van der Waals surface area contributed by atoms with Crippen molar-refractivity contribution in [2.75, 3.05) is 0 Å². The molecule has 0 amide bonds. The van der Waals surface area contributed by atoms with Crippen molar-refractivity contribution in [2.45, 2.75) is 6.92 Å². The highest BCUT2D eigenvalue weighted by Gasteiger charge is 2.21. The van der Waals surface area contributed by atoms with Crippen LogP contribution in [0, 0.1) is 13.3 Å². The first-order chi connectivity index (χ1) is 9.34. The molecule has 1 heteroatoms. The van der Waals surface area contributed by atoms with Gasteiger partial charge in [0.1, 0.15) is 0 Å². The van der Waals surface area contributed by atoms with Crippen LogP contribution in [-0.4, -0.2) is 0 Å². The van der Waals surface area contributed by atoms with Gasteiger partial charge in [-0.25, -0.2) is 0 Å². The average Bonchev–Trinajstić information content (AvgIpc) is 3.02. The Labute approximate surface area is 115 Å². The summed E-state index contributed by atoms with van der Waals surface area (Å²) in [4.78, 5) is 0. The van der Waals surface area contributed by atoms with Gasteiger partial charge in [0.05, 0.1) is 0 Å². The highest BCUT2D eigenvalue weighted by molar-refractivity contribution is 7.33. The lowest BCUT2D eigenvalue weighted by Crippen LogP contribution is -1.85. The fourth-order valence-electron chi connectivity index (χ4n) is 2.93. The van der Waals surface area contributed by atoms with Crippen LogP contribution < -0.4 is 0 Å². The van der Waals surface area contributed by atoms with Gasteiger partial charge in [-0.1, -0.05) is 48.5 Å². The molecule has 0 nitrogen and oxygen atoms in total. The van der Waals surface area contributed by atoms with Crippen LogP contribution in [0.25, 0.3) is 22.0 Å². The van der Waals surface area contributed by atoms with Crippen molar-refractivity contribution < 1.29 is 0 Å². The third kappa shape index (κ3) is 1.60. The fraction of sp³-hybridized carbons (Fsp3) is 0.0556. The van der Waals surface area contributed by atoms with Crippen molar-refractivity contribution in [3.05, 3.63) is 77.4 Å². The summed E-state index contributed by atoms with van der Waals surface area (Å²) in [7, 11) is 0.807. The van der Waals surface area contributed by atoms with E-state index in [1.807, 2.05) is 0 Å². The Kier molecular flexibility index (Phi) is 2.40. The molecule has 0 fully saturated rings. The second-order valence-electron chi connectivity index (χ2n) is 5.03. The Hall–Kier alpha value is -1.78. The second-order valence-corrected chi connectivity index (χ2v) is 6.16. The van der Waals surface area contributed by atoms with Gasteiger partial charge in [0, 0.05) is 11.7 Å². The van der Waals surface area contributed by atoms with E-state index < -0.39 is 0 Å². The first-order valence-corrected chi connectivity index (χ1v) is 7.64. The summed E-state index contributed by atoms with van der Waals surface area (Å²) in [5.41, 5.74) is 8.31. The number of fused-ring (bicyclic) bond motifs is 3. The summed E-state index contributed by atoms with van der Waals surface area (Å²) in [6.45, 7) is 2.22. The SMILES string of the molecule is Cc1cc[pH]c1-c1cccc2c1[CH]c1ccccc1-2. The molecule has 1 atom stereocenters. The molecule has 3 aromatic rings. The maximum absolute atomic E-state index is 2.34. The molecule has 0 aliphatic heterocycles. The van der Waals surface area contributed by atoms with E-state index in [2.05, 4.69) is 67.7 Å². The lowest BCUT2D eigenvalue weighted by atomic mass is 9.99. The minimum atomic E-state index is 0.807. The molecule has 0 saturated heterocycles. The normalized spacial score (nSPS) is 12.7. The van der Waals surface area contributed by atoms with Crippen molar-refractivity contribution in [2.24, 2.45) is 0 Å². The van der Waals surface area contributed by atoms with Crippen molar-refractivity contribution in [1.82, 2.24) is 0 Å². The highest BCUT2D eigenvalue weighted by Crippen LogP contribution is 2.45. The summed E-state index contributed by atoms with van der Waals surface area (Å²) in [6, 6.07) is 17.6. The third-order valence-electron chi connectivity index (χ3n) is 3.88. The predicted octanol–water partition coefficient (Wildman–Crippen LogP) is 5.27. The van der Waals surface area contributed by atoms with Gasteiger partial charge in [0.2, 0.25) is 0 Å². The van der Waals surface area contributed by atoms with Gasteiger partial charge in [-0.15, -0.1) is 8.19 Å². The van der Waals surface area contributed by atoms with E-state index in [0.29, 0.717) is 0 Å². The summed E-state index contributed by atoms with van der Waals surface area (Å²) >= 11 is 0. The lowest BCUT2D eigenvalue weighted by molar-refractivity contribution is 1.50. The Morgan fingerprint density at radius 1 is 0.789 bits per heavy atom. The molecule has 1 unspecified atom stereocenters. The summed E-state index contributed by atoms with van der Waals surface area (Å²) in [5, 5.41) is 1.50. The molecule has 0 bridgehead atoms. The zero-order valence-corrected chi connectivity index (χ0v) is 11.8. The molecule has 1 radical (unpaired) electrons. The maximum atomic E-state index is 2.34. The van der Waals surface area contributed by atoms with E-state index in [0.717, 1.165) is 8.19 Å². The van der Waals surface area contributed by atoms with Gasteiger partial charge in [-0.2, -0.15) is 0 Å². The average molecular weight is 261 g/mol.